The predicted octanol–water partition coefficient (Wildman–Crippen LogP) is 3.42. The lowest BCUT2D eigenvalue weighted by Gasteiger charge is -2.36. The van der Waals surface area contributed by atoms with Crippen LogP contribution in [0.15, 0.2) is 64.6 Å². The average molecular weight is 547 g/mol. The molecule has 3 aliphatic heterocycles. The molecule has 2 aromatic rings. The molecule has 1 saturated heterocycles. The van der Waals surface area contributed by atoms with Crippen LogP contribution in [0, 0.1) is 0 Å². The van der Waals surface area contributed by atoms with Crippen LogP contribution in [0.25, 0.3) is 0 Å². The third-order valence-corrected chi connectivity index (χ3v) is 8.22. The van der Waals surface area contributed by atoms with Crippen molar-refractivity contribution in [3.63, 3.8) is 0 Å². The van der Waals surface area contributed by atoms with Gasteiger partial charge in [0.05, 0.1) is 11.4 Å². The highest BCUT2D eigenvalue weighted by Gasteiger charge is 2.41. The van der Waals surface area contributed by atoms with Crippen molar-refractivity contribution >= 4 is 51.9 Å². The Morgan fingerprint density at radius 2 is 1.77 bits per heavy atom. The number of carbonyl (C=O) groups excluding carboxylic acids is 3. The number of thioether (sulfide) groups is 1. The van der Waals surface area contributed by atoms with Gasteiger partial charge >= 0.3 is 0 Å². The predicted molar refractivity (Wildman–Crippen MR) is 156 cm³/mol. The van der Waals surface area contributed by atoms with Gasteiger partial charge in [-0.3, -0.25) is 19.4 Å². The molecule has 0 radical (unpaired) electrons. The zero-order valence-electron chi connectivity index (χ0n) is 22.4. The molecule has 3 aliphatic rings. The summed E-state index contributed by atoms with van der Waals surface area (Å²) in [7, 11) is 0. The fourth-order valence-corrected chi connectivity index (χ4v) is 5.72. The molecule has 0 unspecified atom stereocenters. The second-order valence-electron chi connectivity index (χ2n) is 9.96. The molecule has 39 heavy (non-hydrogen) atoms. The van der Waals surface area contributed by atoms with Crippen LogP contribution >= 0.6 is 11.8 Å². The third kappa shape index (κ3) is 6.00. The Morgan fingerprint density at radius 1 is 1.05 bits per heavy atom. The molecular formula is C29H34N6O3S. The number of anilines is 1. The molecule has 0 aromatic heterocycles. The molecule has 2 atom stereocenters. The standard InChI is InChI=1S/C29H34N6O3S/c1-3-20(2)30-25(36)19-39-29-32-23-12-8-7-11-22(23)27-31-24(28(38)35(27)29)13-14-26(37)34-17-15-33(16-18-34)21-9-5-4-6-10-21/h4-12,20,24H,3,13-19H2,1-2H3,(H,30,36)/t20-,24-/m1/s1. The Labute approximate surface area is 233 Å². The number of rotatable bonds is 8. The molecule has 2 aromatic carbocycles. The number of aliphatic imine (C=N–C) groups is 2. The van der Waals surface area contributed by atoms with Crippen molar-refractivity contribution in [1.82, 2.24) is 15.1 Å². The summed E-state index contributed by atoms with van der Waals surface area (Å²) in [6, 6.07) is 17.2. The smallest absolute Gasteiger partial charge is 0.259 e. The van der Waals surface area contributed by atoms with Gasteiger partial charge in [-0.15, -0.1) is 0 Å². The van der Waals surface area contributed by atoms with Crippen LogP contribution < -0.4 is 10.2 Å². The zero-order valence-corrected chi connectivity index (χ0v) is 23.2. The second kappa shape index (κ2) is 12.0. The van der Waals surface area contributed by atoms with Crippen molar-refractivity contribution < 1.29 is 14.4 Å². The first kappa shape index (κ1) is 26.9. The molecule has 3 amide bonds. The minimum atomic E-state index is -0.652. The molecule has 5 rings (SSSR count). The molecule has 0 spiro atoms. The quantitative estimate of drug-likeness (QED) is 0.547. The summed E-state index contributed by atoms with van der Waals surface area (Å²) in [5.41, 5.74) is 2.67. The summed E-state index contributed by atoms with van der Waals surface area (Å²) in [4.78, 5) is 54.1. The van der Waals surface area contributed by atoms with E-state index in [2.05, 4.69) is 27.3 Å². The SMILES string of the molecule is CC[C@@H](C)NC(=O)CSC1=Nc2ccccc2C2=N[C@H](CCC(=O)N3CCN(c4ccccc4)CC3)C(=O)N12. The number of benzene rings is 2. The van der Waals surface area contributed by atoms with E-state index in [1.54, 1.807) is 0 Å². The Kier molecular flexibility index (Phi) is 8.30. The van der Waals surface area contributed by atoms with Gasteiger partial charge in [0.25, 0.3) is 5.91 Å². The first-order chi connectivity index (χ1) is 18.9. The minimum Gasteiger partial charge on any atom is -0.368 e. The number of nitrogens with zero attached hydrogens (tertiary/aromatic N) is 5. The van der Waals surface area contributed by atoms with Gasteiger partial charge in [0, 0.05) is 49.9 Å². The molecule has 1 N–H and O–H groups in total. The van der Waals surface area contributed by atoms with Gasteiger partial charge in [0.1, 0.15) is 11.9 Å². The van der Waals surface area contributed by atoms with Crippen molar-refractivity contribution in [1.29, 1.82) is 0 Å². The second-order valence-corrected chi connectivity index (χ2v) is 10.9. The van der Waals surface area contributed by atoms with E-state index in [0.717, 1.165) is 30.8 Å². The number of fused-ring (bicyclic) bond motifs is 3. The maximum Gasteiger partial charge on any atom is 0.259 e. The number of hydrogen-bond donors (Lipinski definition) is 1. The lowest BCUT2D eigenvalue weighted by Crippen LogP contribution is -2.49. The maximum atomic E-state index is 13.5. The monoisotopic (exact) mass is 546 g/mol. The molecule has 1 fully saturated rings. The van der Waals surface area contributed by atoms with Crippen LogP contribution in [0.1, 0.15) is 38.7 Å². The first-order valence-electron chi connectivity index (χ1n) is 13.5. The van der Waals surface area contributed by atoms with Crippen LogP contribution in [0.3, 0.4) is 0 Å². The topological polar surface area (TPSA) is 97.7 Å². The lowest BCUT2D eigenvalue weighted by atomic mass is 10.1. The van der Waals surface area contributed by atoms with E-state index in [1.165, 1.54) is 22.3 Å². The number of amides is 3. The fourth-order valence-electron chi connectivity index (χ4n) is 4.91. The van der Waals surface area contributed by atoms with Gasteiger partial charge in [-0.1, -0.05) is 49.0 Å². The minimum absolute atomic E-state index is 0.0472. The van der Waals surface area contributed by atoms with E-state index in [9.17, 15) is 14.4 Å². The maximum absolute atomic E-state index is 13.5. The molecule has 204 valence electrons. The normalized spacial score (nSPS) is 19.2. The largest absolute Gasteiger partial charge is 0.368 e. The number of amidine groups is 2. The van der Waals surface area contributed by atoms with Crippen LogP contribution in [0.5, 0.6) is 0 Å². The van der Waals surface area contributed by atoms with Crippen LogP contribution in [0.2, 0.25) is 0 Å². The number of para-hydroxylation sites is 2. The van der Waals surface area contributed by atoms with Crippen molar-refractivity contribution in [2.75, 3.05) is 36.8 Å². The molecule has 10 heteroatoms. The molecule has 3 heterocycles. The van der Waals surface area contributed by atoms with E-state index < -0.39 is 6.04 Å². The van der Waals surface area contributed by atoms with Crippen molar-refractivity contribution in [3.05, 3.63) is 60.2 Å². The van der Waals surface area contributed by atoms with Crippen molar-refractivity contribution in [3.8, 4) is 0 Å². The van der Waals surface area contributed by atoms with Gasteiger partial charge in [0.15, 0.2) is 5.17 Å². The zero-order chi connectivity index (χ0) is 27.4. The first-order valence-corrected chi connectivity index (χ1v) is 14.5. The summed E-state index contributed by atoms with van der Waals surface area (Å²) in [5, 5.41) is 3.40. The van der Waals surface area contributed by atoms with E-state index in [4.69, 9.17) is 4.99 Å². The number of nitrogens with one attached hydrogen (secondary N) is 1. The number of carbonyl (C=O) groups is 3. The third-order valence-electron chi connectivity index (χ3n) is 7.29. The molecular weight excluding hydrogens is 512 g/mol. The Bertz CT molecular complexity index is 1290. The Morgan fingerprint density at radius 3 is 2.51 bits per heavy atom. The fraction of sp³-hybridized carbons (Fsp3) is 0.414. The van der Waals surface area contributed by atoms with Crippen molar-refractivity contribution in [2.45, 2.75) is 45.2 Å². The average Bonchev–Trinajstić information content (AvgIpc) is 3.31. The highest BCUT2D eigenvalue weighted by Crippen LogP contribution is 2.34. The summed E-state index contributed by atoms with van der Waals surface area (Å²) in [6.07, 6.45) is 1.44. The summed E-state index contributed by atoms with van der Waals surface area (Å²) in [5.74, 6) is 0.446. The molecule has 0 saturated carbocycles. The summed E-state index contributed by atoms with van der Waals surface area (Å²) < 4.78 is 0. The number of piperazine rings is 1. The van der Waals surface area contributed by atoms with Gasteiger partial charge in [-0.2, -0.15) is 0 Å². The number of hydrogen-bond acceptors (Lipinski definition) is 7. The molecule has 0 aliphatic carbocycles. The van der Waals surface area contributed by atoms with Gasteiger partial charge in [0.2, 0.25) is 11.8 Å². The van der Waals surface area contributed by atoms with Crippen LogP contribution in [-0.4, -0.2) is 82.5 Å². The van der Waals surface area contributed by atoms with Crippen LogP contribution in [-0.2, 0) is 14.4 Å². The van der Waals surface area contributed by atoms with Crippen LogP contribution in [0.4, 0.5) is 11.4 Å². The Hall–Kier alpha value is -3.66. The molecule has 0 bridgehead atoms. The van der Waals surface area contributed by atoms with Gasteiger partial charge in [-0.05, 0) is 44.0 Å². The lowest BCUT2D eigenvalue weighted by molar-refractivity contribution is -0.132. The molecule has 9 nitrogen and oxygen atoms in total. The summed E-state index contributed by atoms with van der Waals surface area (Å²) >= 11 is 1.23. The highest BCUT2D eigenvalue weighted by molar-refractivity contribution is 8.14. The highest BCUT2D eigenvalue weighted by atomic mass is 32.2. The van der Waals surface area contributed by atoms with E-state index in [0.29, 0.717) is 30.5 Å². The van der Waals surface area contributed by atoms with Gasteiger partial charge in [-0.25, -0.2) is 9.89 Å². The van der Waals surface area contributed by atoms with Crippen molar-refractivity contribution in [2.24, 2.45) is 9.98 Å². The van der Waals surface area contributed by atoms with E-state index in [-0.39, 0.29) is 35.9 Å². The van der Waals surface area contributed by atoms with Gasteiger partial charge < -0.3 is 15.1 Å². The Balaban J connectivity index is 1.21. The van der Waals surface area contributed by atoms with E-state index in [1.807, 2.05) is 61.2 Å². The van der Waals surface area contributed by atoms with E-state index >= 15 is 0 Å². The summed E-state index contributed by atoms with van der Waals surface area (Å²) in [6.45, 7) is 6.86.